The van der Waals surface area contributed by atoms with Gasteiger partial charge < -0.3 is 14.3 Å². The second kappa shape index (κ2) is 5.65. The van der Waals surface area contributed by atoms with Crippen molar-refractivity contribution >= 4 is 0 Å². The Morgan fingerprint density at radius 2 is 2.18 bits per heavy atom. The molecule has 2 heterocycles. The molecule has 0 amide bonds. The highest BCUT2D eigenvalue weighted by atomic mass is 16.5. The van der Waals surface area contributed by atoms with E-state index in [0.29, 0.717) is 0 Å². The summed E-state index contributed by atoms with van der Waals surface area (Å²) in [5.41, 5.74) is 0.925. The van der Waals surface area contributed by atoms with Gasteiger partial charge in [-0.2, -0.15) is 0 Å². The highest BCUT2D eigenvalue weighted by Gasteiger charge is 2.08. The molecule has 5 nitrogen and oxygen atoms in total. The lowest BCUT2D eigenvalue weighted by atomic mass is 10.3. The van der Waals surface area contributed by atoms with E-state index < -0.39 is 0 Å². The van der Waals surface area contributed by atoms with Crippen LogP contribution in [0.15, 0.2) is 33.4 Å². The largest absolute Gasteiger partial charge is 0.468 e. The lowest BCUT2D eigenvalue weighted by Crippen LogP contribution is -2.16. The second-order valence-corrected chi connectivity index (χ2v) is 4.07. The van der Waals surface area contributed by atoms with Crippen LogP contribution in [0.25, 0.3) is 0 Å². The maximum atomic E-state index is 5.29. The Morgan fingerprint density at radius 3 is 2.88 bits per heavy atom. The van der Waals surface area contributed by atoms with Crippen LogP contribution in [0, 0.1) is 0 Å². The van der Waals surface area contributed by atoms with Gasteiger partial charge in [0.05, 0.1) is 25.0 Å². The summed E-state index contributed by atoms with van der Waals surface area (Å²) in [6.07, 6.45) is 1.68. The summed E-state index contributed by atoms with van der Waals surface area (Å²) in [7, 11) is 3.90. The zero-order valence-corrected chi connectivity index (χ0v) is 10.1. The minimum absolute atomic E-state index is 0.720. The first-order valence-electron chi connectivity index (χ1n) is 5.58. The number of furan rings is 1. The van der Waals surface area contributed by atoms with E-state index in [4.69, 9.17) is 8.94 Å². The molecule has 0 saturated carbocycles. The Bertz CT molecular complexity index is 436. The van der Waals surface area contributed by atoms with Crippen LogP contribution in [0.5, 0.6) is 0 Å². The number of nitrogens with zero attached hydrogens (tertiary/aromatic N) is 2. The number of hydrogen-bond donors (Lipinski definition) is 1. The minimum atomic E-state index is 0.720. The molecule has 0 spiro atoms. The third-order valence-electron chi connectivity index (χ3n) is 2.40. The fraction of sp³-hybridized carbons (Fsp3) is 0.417. The Kier molecular flexibility index (Phi) is 3.95. The molecule has 2 aromatic rings. The SMILES string of the molecule is CNCc1cc(CN(C)Cc2ccco2)on1. The highest BCUT2D eigenvalue weighted by molar-refractivity contribution is 5.05. The maximum absolute atomic E-state index is 5.29. The van der Waals surface area contributed by atoms with Crippen molar-refractivity contribution in [2.75, 3.05) is 14.1 Å². The van der Waals surface area contributed by atoms with Crippen molar-refractivity contribution in [3.8, 4) is 0 Å². The van der Waals surface area contributed by atoms with E-state index in [-0.39, 0.29) is 0 Å². The van der Waals surface area contributed by atoms with Gasteiger partial charge in [-0.05, 0) is 26.2 Å². The van der Waals surface area contributed by atoms with E-state index in [0.717, 1.165) is 36.8 Å². The predicted octanol–water partition coefficient (Wildman–Crippen LogP) is 1.62. The van der Waals surface area contributed by atoms with Crippen LogP contribution in [0.3, 0.4) is 0 Å². The first-order valence-corrected chi connectivity index (χ1v) is 5.58. The van der Waals surface area contributed by atoms with Crippen molar-refractivity contribution in [1.82, 2.24) is 15.4 Å². The molecule has 17 heavy (non-hydrogen) atoms. The van der Waals surface area contributed by atoms with Crippen molar-refractivity contribution in [3.63, 3.8) is 0 Å². The van der Waals surface area contributed by atoms with E-state index in [1.54, 1.807) is 6.26 Å². The summed E-state index contributed by atoms with van der Waals surface area (Å²) in [4.78, 5) is 2.11. The van der Waals surface area contributed by atoms with E-state index in [1.165, 1.54) is 0 Å². The number of aromatic nitrogens is 1. The van der Waals surface area contributed by atoms with Gasteiger partial charge in [-0.25, -0.2) is 0 Å². The third-order valence-corrected chi connectivity index (χ3v) is 2.40. The van der Waals surface area contributed by atoms with Crippen molar-refractivity contribution in [3.05, 3.63) is 41.7 Å². The van der Waals surface area contributed by atoms with Crippen LogP contribution in [-0.2, 0) is 19.6 Å². The van der Waals surface area contributed by atoms with Crippen LogP contribution in [0.4, 0.5) is 0 Å². The summed E-state index contributed by atoms with van der Waals surface area (Å²) in [6, 6.07) is 5.82. The van der Waals surface area contributed by atoms with Crippen LogP contribution < -0.4 is 5.32 Å². The molecular weight excluding hydrogens is 218 g/mol. The monoisotopic (exact) mass is 235 g/mol. The van der Waals surface area contributed by atoms with Crippen molar-refractivity contribution in [2.24, 2.45) is 0 Å². The molecule has 0 saturated heterocycles. The molecule has 0 radical (unpaired) electrons. The lowest BCUT2D eigenvalue weighted by molar-refractivity contribution is 0.248. The van der Waals surface area contributed by atoms with Gasteiger partial charge >= 0.3 is 0 Å². The molecule has 1 N–H and O–H groups in total. The van der Waals surface area contributed by atoms with Crippen molar-refractivity contribution < 1.29 is 8.94 Å². The standard InChI is InChI=1S/C12H17N3O2/c1-13-7-10-6-12(17-14-10)9-15(2)8-11-4-3-5-16-11/h3-6,13H,7-9H2,1-2H3. The average Bonchev–Trinajstić information content (AvgIpc) is 2.91. The van der Waals surface area contributed by atoms with Crippen molar-refractivity contribution in [1.29, 1.82) is 0 Å². The summed E-state index contributed by atoms with van der Waals surface area (Å²) in [5, 5.41) is 7.00. The van der Waals surface area contributed by atoms with Gasteiger partial charge in [0.2, 0.25) is 0 Å². The topological polar surface area (TPSA) is 54.4 Å². The molecule has 0 atom stereocenters. The fourth-order valence-corrected chi connectivity index (χ4v) is 1.69. The van der Waals surface area contributed by atoms with Gasteiger partial charge in [-0.15, -0.1) is 0 Å². The van der Waals surface area contributed by atoms with Crippen LogP contribution in [0.2, 0.25) is 0 Å². The summed E-state index contributed by atoms with van der Waals surface area (Å²) in [5.74, 6) is 1.81. The molecule has 92 valence electrons. The molecule has 0 unspecified atom stereocenters. The minimum Gasteiger partial charge on any atom is -0.468 e. The zero-order chi connectivity index (χ0) is 12.1. The highest BCUT2D eigenvalue weighted by Crippen LogP contribution is 2.09. The molecule has 0 aliphatic rings. The molecule has 0 fully saturated rings. The number of hydrogen-bond acceptors (Lipinski definition) is 5. The summed E-state index contributed by atoms with van der Waals surface area (Å²) in [6.45, 7) is 2.21. The van der Waals surface area contributed by atoms with Gasteiger partial charge in [-0.3, -0.25) is 4.90 Å². The maximum Gasteiger partial charge on any atom is 0.151 e. The van der Waals surface area contributed by atoms with Crippen LogP contribution >= 0.6 is 0 Å². The van der Waals surface area contributed by atoms with Gasteiger partial charge in [0.15, 0.2) is 5.76 Å². The van der Waals surface area contributed by atoms with Crippen LogP contribution in [0.1, 0.15) is 17.2 Å². The first-order chi connectivity index (χ1) is 8.28. The Labute approximate surface area is 100 Å². The molecule has 0 aromatic carbocycles. The predicted molar refractivity (Wildman–Crippen MR) is 63.1 cm³/mol. The quantitative estimate of drug-likeness (QED) is 0.824. The Hall–Kier alpha value is -1.59. The Morgan fingerprint density at radius 1 is 1.35 bits per heavy atom. The molecule has 0 aliphatic carbocycles. The van der Waals surface area contributed by atoms with E-state index in [9.17, 15) is 0 Å². The molecule has 0 aliphatic heterocycles. The third kappa shape index (κ3) is 3.44. The van der Waals surface area contributed by atoms with Crippen molar-refractivity contribution in [2.45, 2.75) is 19.6 Å². The van der Waals surface area contributed by atoms with Gasteiger partial charge in [0, 0.05) is 12.6 Å². The summed E-state index contributed by atoms with van der Waals surface area (Å²) >= 11 is 0. The molecule has 2 rings (SSSR count). The van der Waals surface area contributed by atoms with Gasteiger partial charge in [0.25, 0.3) is 0 Å². The van der Waals surface area contributed by atoms with E-state index in [2.05, 4.69) is 15.4 Å². The molecule has 0 bridgehead atoms. The van der Waals surface area contributed by atoms with Crippen LogP contribution in [-0.4, -0.2) is 24.2 Å². The molecule has 2 aromatic heterocycles. The summed E-state index contributed by atoms with van der Waals surface area (Å²) < 4.78 is 10.5. The normalized spacial score (nSPS) is 11.2. The fourth-order valence-electron chi connectivity index (χ4n) is 1.69. The first kappa shape index (κ1) is 11.9. The molecular formula is C12H17N3O2. The molecule has 5 heteroatoms. The lowest BCUT2D eigenvalue weighted by Gasteiger charge is -2.12. The Balaban J connectivity index is 1.86. The van der Waals surface area contributed by atoms with E-state index >= 15 is 0 Å². The van der Waals surface area contributed by atoms with Gasteiger partial charge in [0.1, 0.15) is 5.76 Å². The van der Waals surface area contributed by atoms with Gasteiger partial charge in [-0.1, -0.05) is 5.16 Å². The average molecular weight is 235 g/mol. The smallest absolute Gasteiger partial charge is 0.151 e. The zero-order valence-electron chi connectivity index (χ0n) is 10.1. The number of nitrogens with one attached hydrogen (secondary N) is 1. The number of rotatable bonds is 6. The second-order valence-electron chi connectivity index (χ2n) is 4.07. The van der Waals surface area contributed by atoms with E-state index in [1.807, 2.05) is 32.3 Å².